The minimum Gasteiger partial charge on any atom is -0.351 e. The van der Waals surface area contributed by atoms with Crippen molar-refractivity contribution in [1.82, 2.24) is 24.4 Å². The van der Waals surface area contributed by atoms with Crippen molar-refractivity contribution >= 4 is 28.6 Å². The van der Waals surface area contributed by atoms with Gasteiger partial charge >= 0.3 is 0 Å². The molecule has 1 aliphatic carbocycles. The highest BCUT2D eigenvalue weighted by Crippen LogP contribution is 2.28. The summed E-state index contributed by atoms with van der Waals surface area (Å²) in [7, 11) is 4.33. The number of hydrogen-bond donors (Lipinski definition) is 3. The molecule has 1 saturated carbocycles. The van der Waals surface area contributed by atoms with Crippen LogP contribution in [-0.2, 0) is 6.54 Å². The van der Waals surface area contributed by atoms with Crippen molar-refractivity contribution in [3.63, 3.8) is 0 Å². The molecule has 8 nitrogen and oxygen atoms in total. The van der Waals surface area contributed by atoms with Crippen molar-refractivity contribution in [2.24, 2.45) is 5.73 Å². The maximum Gasteiger partial charge on any atom is 0.227 e. The molecule has 1 aliphatic rings. The minimum atomic E-state index is 0.261. The first-order chi connectivity index (χ1) is 14.9. The van der Waals surface area contributed by atoms with Gasteiger partial charge < -0.3 is 25.8 Å². The highest BCUT2D eigenvalue weighted by atomic mass is 15.2. The molecule has 0 atom stereocenters. The molecule has 0 radical (unpaired) electrons. The quantitative estimate of drug-likeness (QED) is 0.531. The standard InChI is InChI=1S/C23H34N8/c1-15(2)31-14-25-20-21(26-18-7-5-6-16(12-18)13-24)28-23(29-22(20)31)27-17-8-10-19(11-9-17)30(3)4/h5-7,12,14-15,17,19H,8-11,13,24H2,1-4H3,(H2,26,27,28,29)/t17-,19-. The average molecular weight is 423 g/mol. The summed E-state index contributed by atoms with van der Waals surface area (Å²) in [5.74, 6) is 1.36. The van der Waals surface area contributed by atoms with Crippen LogP contribution in [0.1, 0.15) is 51.1 Å². The van der Waals surface area contributed by atoms with E-state index in [0.29, 0.717) is 30.4 Å². The zero-order valence-corrected chi connectivity index (χ0v) is 19.0. The third-order valence-corrected chi connectivity index (χ3v) is 6.16. The van der Waals surface area contributed by atoms with Crippen molar-refractivity contribution in [2.45, 2.75) is 64.2 Å². The second-order valence-corrected chi connectivity index (χ2v) is 8.96. The molecule has 4 N–H and O–H groups in total. The number of nitrogens with zero attached hydrogens (tertiary/aromatic N) is 5. The number of nitrogens with one attached hydrogen (secondary N) is 2. The van der Waals surface area contributed by atoms with Gasteiger partial charge in [0.1, 0.15) is 0 Å². The maximum atomic E-state index is 5.81. The number of fused-ring (bicyclic) bond motifs is 1. The van der Waals surface area contributed by atoms with Crippen LogP contribution < -0.4 is 16.4 Å². The van der Waals surface area contributed by atoms with Gasteiger partial charge in [-0.25, -0.2) is 4.98 Å². The lowest BCUT2D eigenvalue weighted by molar-refractivity contribution is 0.221. The Bertz CT molecular complexity index is 1020. The van der Waals surface area contributed by atoms with Crippen LogP contribution in [0.15, 0.2) is 30.6 Å². The van der Waals surface area contributed by atoms with Crippen LogP contribution in [-0.4, -0.2) is 50.6 Å². The number of anilines is 3. The third-order valence-electron chi connectivity index (χ3n) is 6.16. The van der Waals surface area contributed by atoms with Crippen LogP contribution in [0.5, 0.6) is 0 Å². The van der Waals surface area contributed by atoms with E-state index in [-0.39, 0.29) is 6.04 Å². The Labute approximate surface area is 184 Å². The van der Waals surface area contributed by atoms with E-state index in [4.69, 9.17) is 15.7 Å². The molecule has 0 saturated heterocycles. The van der Waals surface area contributed by atoms with Gasteiger partial charge in [-0.3, -0.25) is 0 Å². The van der Waals surface area contributed by atoms with Crippen molar-refractivity contribution in [1.29, 1.82) is 0 Å². The zero-order chi connectivity index (χ0) is 22.0. The van der Waals surface area contributed by atoms with E-state index < -0.39 is 0 Å². The van der Waals surface area contributed by atoms with E-state index in [2.05, 4.69) is 53.0 Å². The molecular formula is C23H34N8. The second kappa shape index (κ2) is 9.20. The Morgan fingerprint density at radius 1 is 1.16 bits per heavy atom. The molecule has 31 heavy (non-hydrogen) atoms. The molecule has 3 aromatic rings. The third kappa shape index (κ3) is 4.80. The van der Waals surface area contributed by atoms with Gasteiger partial charge in [0.05, 0.1) is 6.33 Å². The molecule has 4 rings (SSSR count). The average Bonchev–Trinajstić information content (AvgIpc) is 3.19. The van der Waals surface area contributed by atoms with E-state index in [1.54, 1.807) is 0 Å². The normalized spacial score (nSPS) is 19.3. The van der Waals surface area contributed by atoms with Crippen LogP contribution in [0.2, 0.25) is 0 Å². The fraction of sp³-hybridized carbons (Fsp3) is 0.522. The number of benzene rings is 1. The van der Waals surface area contributed by atoms with Gasteiger partial charge in [-0.2, -0.15) is 9.97 Å². The Morgan fingerprint density at radius 3 is 2.61 bits per heavy atom. The van der Waals surface area contributed by atoms with Gasteiger partial charge in [0.2, 0.25) is 5.95 Å². The predicted octanol–water partition coefficient (Wildman–Crippen LogP) is 3.89. The highest BCUT2D eigenvalue weighted by molar-refractivity contribution is 5.86. The number of hydrogen-bond acceptors (Lipinski definition) is 7. The molecule has 2 heterocycles. The number of rotatable bonds is 7. The summed E-state index contributed by atoms with van der Waals surface area (Å²) in [4.78, 5) is 16.6. The van der Waals surface area contributed by atoms with Gasteiger partial charge in [-0.1, -0.05) is 12.1 Å². The van der Waals surface area contributed by atoms with E-state index in [1.165, 1.54) is 12.8 Å². The highest BCUT2D eigenvalue weighted by Gasteiger charge is 2.24. The van der Waals surface area contributed by atoms with Crippen LogP contribution in [0.4, 0.5) is 17.5 Å². The van der Waals surface area contributed by atoms with Crippen molar-refractivity contribution in [2.75, 3.05) is 24.7 Å². The summed E-state index contributed by atoms with van der Waals surface area (Å²) < 4.78 is 2.09. The van der Waals surface area contributed by atoms with E-state index in [0.717, 1.165) is 35.3 Å². The first-order valence-electron chi connectivity index (χ1n) is 11.2. The fourth-order valence-corrected chi connectivity index (χ4v) is 4.28. The smallest absolute Gasteiger partial charge is 0.227 e. The molecular weight excluding hydrogens is 388 g/mol. The summed E-state index contributed by atoms with van der Waals surface area (Å²) in [6.07, 6.45) is 6.46. The Balaban J connectivity index is 1.63. The lowest BCUT2D eigenvalue weighted by atomic mass is 9.91. The molecule has 8 heteroatoms. The summed E-state index contributed by atoms with van der Waals surface area (Å²) in [5.41, 5.74) is 9.44. The molecule has 1 fully saturated rings. The number of imidazole rings is 1. The summed E-state index contributed by atoms with van der Waals surface area (Å²) in [6.45, 7) is 4.77. The fourth-order valence-electron chi connectivity index (χ4n) is 4.28. The van der Waals surface area contributed by atoms with Gasteiger partial charge in [0.25, 0.3) is 0 Å². The lowest BCUT2D eigenvalue weighted by Gasteiger charge is -2.33. The Kier molecular flexibility index (Phi) is 6.38. The van der Waals surface area contributed by atoms with Gasteiger partial charge in [-0.05, 0) is 71.3 Å². The molecule has 0 spiro atoms. The molecule has 166 valence electrons. The van der Waals surface area contributed by atoms with Crippen LogP contribution in [0.3, 0.4) is 0 Å². The van der Waals surface area contributed by atoms with Crippen LogP contribution in [0, 0.1) is 0 Å². The zero-order valence-electron chi connectivity index (χ0n) is 19.0. The maximum absolute atomic E-state index is 5.81. The summed E-state index contributed by atoms with van der Waals surface area (Å²) in [6, 6.07) is 9.39. The molecule has 0 aliphatic heterocycles. The van der Waals surface area contributed by atoms with Crippen molar-refractivity contribution in [3.8, 4) is 0 Å². The van der Waals surface area contributed by atoms with Gasteiger partial charge in [0, 0.05) is 30.4 Å². The van der Waals surface area contributed by atoms with E-state index in [1.807, 2.05) is 30.6 Å². The number of nitrogens with two attached hydrogens (primary N) is 1. The largest absolute Gasteiger partial charge is 0.351 e. The van der Waals surface area contributed by atoms with Gasteiger partial charge in [0.15, 0.2) is 17.0 Å². The molecule has 1 aromatic carbocycles. The van der Waals surface area contributed by atoms with Gasteiger partial charge in [-0.15, -0.1) is 0 Å². The van der Waals surface area contributed by atoms with Crippen LogP contribution in [0.25, 0.3) is 11.2 Å². The second-order valence-electron chi connectivity index (χ2n) is 8.96. The summed E-state index contributed by atoms with van der Waals surface area (Å²) in [5, 5.41) is 7.04. The Hall–Kier alpha value is -2.71. The SMILES string of the molecule is CC(C)n1cnc2c(Nc3cccc(CN)c3)nc(N[C@H]3CC[C@H](N(C)C)CC3)nc21. The monoisotopic (exact) mass is 422 g/mol. The molecule has 0 bridgehead atoms. The molecule has 2 aromatic heterocycles. The first kappa shape index (κ1) is 21.5. The van der Waals surface area contributed by atoms with E-state index in [9.17, 15) is 0 Å². The summed E-state index contributed by atoms with van der Waals surface area (Å²) >= 11 is 0. The number of aromatic nitrogens is 4. The predicted molar refractivity (Wildman–Crippen MR) is 127 cm³/mol. The topological polar surface area (TPSA) is 96.9 Å². The van der Waals surface area contributed by atoms with E-state index >= 15 is 0 Å². The van der Waals surface area contributed by atoms with Crippen LogP contribution >= 0.6 is 0 Å². The van der Waals surface area contributed by atoms with Crippen molar-refractivity contribution in [3.05, 3.63) is 36.2 Å². The first-order valence-corrected chi connectivity index (χ1v) is 11.2. The molecule has 0 unspecified atom stereocenters. The molecule has 0 amide bonds. The lowest BCUT2D eigenvalue weighted by Crippen LogP contribution is -2.36. The minimum absolute atomic E-state index is 0.261. The van der Waals surface area contributed by atoms with Crippen molar-refractivity contribution < 1.29 is 0 Å². The Morgan fingerprint density at radius 2 is 1.94 bits per heavy atom.